The predicted molar refractivity (Wildman–Crippen MR) is 80.4 cm³/mol. The minimum absolute atomic E-state index is 0.417. The van der Waals surface area contributed by atoms with E-state index in [1.54, 1.807) is 36.0 Å². The van der Waals surface area contributed by atoms with Crippen LogP contribution in [0.15, 0.2) is 47.4 Å². The molecule has 2 aromatic carbocycles. The Morgan fingerprint density at radius 1 is 1.21 bits per heavy atom. The minimum atomic E-state index is -0.417. The highest BCUT2D eigenvalue weighted by Crippen LogP contribution is 2.31. The van der Waals surface area contributed by atoms with Crippen molar-refractivity contribution in [2.24, 2.45) is 5.73 Å². The number of nitrogen functional groups attached to an aromatic ring is 1. The number of primary amides is 1. The fourth-order valence-corrected chi connectivity index (χ4v) is 2.95. The number of thioether (sulfide) groups is 1. The lowest BCUT2D eigenvalue weighted by atomic mass is 10.1. The van der Waals surface area contributed by atoms with Crippen molar-refractivity contribution in [2.45, 2.75) is 10.6 Å². The molecule has 0 aliphatic rings. The zero-order chi connectivity index (χ0) is 13.8. The number of carbonyl (C=O) groups excluding carboxylic acids is 1. The fraction of sp³-hybridized carbons (Fsp3) is 0.0714. The summed E-state index contributed by atoms with van der Waals surface area (Å²) in [5.74, 6) is 0.211. The van der Waals surface area contributed by atoms with Crippen LogP contribution in [0.2, 0.25) is 5.02 Å². The van der Waals surface area contributed by atoms with Crippen LogP contribution in [0.3, 0.4) is 0 Å². The number of amides is 1. The van der Waals surface area contributed by atoms with Crippen molar-refractivity contribution < 1.29 is 4.79 Å². The first-order valence-electron chi connectivity index (χ1n) is 5.63. The Morgan fingerprint density at radius 3 is 2.63 bits per heavy atom. The van der Waals surface area contributed by atoms with E-state index in [-0.39, 0.29) is 0 Å². The number of halogens is 1. The maximum absolute atomic E-state index is 11.3. The molecule has 1 amide bonds. The largest absolute Gasteiger partial charge is 0.399 e. The molecule has 0 radical (unpaired) electrons. The molecule has 19 heavy (non-hydrogen) atoms. The van der Waals surface area contributed by atoms with Gasteiger partial charge in [-0.3, -0.25) is 4.79 Å². The highest BCUT2D eigenvalue weighted by Gasteiger charge is 2.08. The lowest BCUT2D eigenvalue weighted by Gasteiger charge is -2.08. The number of nitrogens with two attached hydrogens (primary N) is 2. The van der Waals surface area contributed by atoms with E-state index in [2.05, 4.69) is 0 Å². The molecule has 0 spiro atoms. The Labute approximate surface area is 120 Å². The SMILES string of the molecule is NC(=O)c1ccccc1CSc1ccc(N)cc1Cl. The van der Waals surface area contributed by atoms with E-state index >= 15 is 0 Å². The van der Waals surface area contributed by atoms with Gasteiger partial charge in [0.2, 0.25) is 5.91 Å². The fourth-order valence-electron chi connectivity index (χ4n) is 1.68. The third kappa shape index (κ3) is 3.43. The van der Waals surface area contributed by atoms with E-state index in [4.69, 9.17) is 23.1 Å². The summed E-state index contributed by atoms with van der Waals surface area (Å²) in [6.45, 7) is 0. The maximum atomic E-state index is 11.3. The molecule has 98 valence electrons. The summed E-state index contributed by atoms with van der Waals surface area (Å²) in [4.78, 5) is 12.2. The second kappa shape index (κ2) is 5.99. The van der Waals surface area contributed by atoms with Crippen molar-refractivity contribution >= 4 is 35.0 Å². The quantitative estimate of drug-likeness (QED) is 0.671. The highest BCUT2D eigenvalue weighted by molar-refractivity contribution is 7.98. The van der Waals surface area contributed by atoms with Gasteiger partial charge in [-0.05, 0) is 29.8 Å². The molecule has 4 N–H and O–H groups in total. The average molecular weight is 293 g/mol. The zero-order valence-corrected chi connectivity index (χ0v) is 11.7. The number of hydrogen-bond donors (Lipinski definition) is 2. The first kappa shape index (κ1) is 13.8. The Hall–Kier alpha value is -1.65. The van der Waals surface area contributed by atoms with Crippen molar-refractivity contribution in [3.8, 4) is 0 Å². The molecule has 0 aliphatic heterocycles. The predicted octanol–water partition coefficient (Wildman–Crippen LogP) is 3.31. The van der Waals surface area contributed by atoms with Crippen molar-refractivity contribution in [3.63, 3.8) is 0 Å². The van der Waals surface area contributed by atoms with Gasteiger partial charge in [0, 0.05) is 21.9 Å². The molecule has 0 fully saturated rings. The Balaban J connectivity index is 2.17. The molecule has 3 nitrogen and oxygen atoms in total. The first-order chi connectivity index (χ1) is 9.08. The third-order valence-electron chi connectivity index (χ3n) is 2.62. The minimum Gasteiger partial charge on any atom is -0.399 e. The third-order valence-corrected chi connectivity index (χ3v) is 4.17. The molecule has 5 heteroatoms. The Kier molecular flexibility index (Phi) is 4.35. The maximum Gasteiger partial charge on any atom is 0.249 e. The van der Waals surface area contributed by atoms with Gasteiger partial charge in [-0.1, -0.05) is 29.8 Å². The van der Waals surface area contributed by atoms with Gasteiger partial charge >= 0.3 is 0 Å². The van der Waals surface area contributed by atoms with Crippen LogP contribution >= 0.6 is 23.4 Å². The van der Waals surface area contributed by atoms with Gasteiger partial charge in [-0.25, -0.2) is 0 Å². The number of carbonyl (C=O) groups is 1. The van der Waals surface area contributed by atoms with E-state index in [9.17, 15) is 4.79 Å². The lowest BCUT2D eigenvalue weighted by Crippen LogP contribution is -2.13. The molecule has 2 aromatic rings. The van der Waals surface area contributed by atoms with Gasteiger partial charge < -0.3 is 11.5 Å². The lowest BCUT2D eigenvalue weighted by molar-refractivity contribution is 0.0999. The van der Waals surface area contributed by atoms with Gasteiger partial charge in [-0.15, -0.1) is 11.8 Å². The van der Waals surface area contributed by atoms with Crippen LogP contribution < -0.4 is 11.5 Å². The molecular weight excluding hydrogens is 280 g/mol. The number of rotatable bonds is 4. The van der Waals surface area contributed by atoms with E-state index in [1.165, 1.54) is 0 Å². The first-order valence-corrected chi connectivity index (χ1v) is 7.00. The molecule has 2 rings (SSSR count). The summed E-state index contributed by atoms with van der Waals surface area (Å²) in [6, 6.07) is 12.7. The van der Waals surface area contributed by atoms with Crippen LogP contribution in [0.1, 0.15) is 15.9 Å². The van der Waals surface area contributed by atoms with Crippen LogP contribution in [0.5, 0.6) is 0 Å². The van der Waals surface area contributed by atoms with Crippen molar-refractivity contribution in [2.75, 3.05) is 5.73 Å². The standard InChI is InChI=1S/C14H13ClN2OS/c15-12-7-10(16)5-6-13(12)19-8-9-3-1-2-4-11(9)14(17)18/h1-7H,8,16H2,(H2,17,18). The van der Waals surface area contributed by atoms with E-state index in [1.807, 2.05) is 18.2 Å². The second-order valence-corrected chi connectivity index (χ2v) is 5.42. The van der Waals surface area contributed by atoms with E-state index in [0.29, 0.717) is 22.0 Å². The number of anilines is 1. The molecular formula is C14H13ClN2OS. The molecule has 0 aliphatic carbocycles. The smallest absolute Gasteiger partial charge is 0.249 e. The van der Waals surface area contributed by atoms with Crippen molar-refractivity contribution in [1.29, 1.82) is 0 Å². The van der Waals surface area contributed by atoms with E-state index < -0.39 is 5.91 Å². The van der Waals surface area contributed by atoms with Crippen molar-refractivity contribution in [3.05, 3.63) is 58.6 Å². The van der Waals surface area contributed by atoms with Gasteiger partial charge in [-0.2, -0.15) is 0 Å². The normalized spacial score (nSPS) is 10.4. The summed E-state index contributed by atoms with van der Waals surface area (Å²) in [6.07, 6.45) is 0. The summed E-state index contributed by atoms with van der Waals surface area (Å²) in [5, 5.41) is 0.613. The molecule has 0 unspecified atom stereocenters. The summed E-state index contributed by atoms with van der Waals surface area (Å²) >= 11 is 7.65. The van der Waals surface area contributed by atoms with Crippen molar-refractivity contribution in [1.82, 2.24) is 0 Å². The monoisotopic (exact) mass is 292 g/mol. The summed E-state index contributed by atoms with van der Waals surface area (Å²) in [5.41, 5.74) is 13.1. The van der Waals surface area contributed by atoms with Crippen LogP contribution in [0.25, 0.3) is 0 Å². The Bertz CT molecular complexity index is 616. The molecule has 0 bridgehead atoms. The summed E-state index contributed by atoms with van der Waals surface area (Å²) in [7, 11) is 0. The van der Waals surface area contributed by atoms with Gasteiger partial charge in [0.1, 0.15) is 0 Å². The Morgan fingerprint density at radius 2 is 1.95 bits per heavy atom. The van der Waals surface area contributed by atoms with Gasteiger partial charge in [0.05, 0.1) is 5.02 Å². The number of benzene rings is 2. The zero-order valence-electron chi connectivity index (χ0n) is 10.1. The average Bonchev–Trinajstić information content (AvgIpc) is 2.38. The van der Waals surface area contributed by atoms with Crippen LogP contribution in [0, 0.1) is 0 Å². The second-order valence-electron chi connectivity index (χ2n) is 4.00. The molecule has 0 aromatic heterocycles. The topological polar surface area (TPSA) is 69.1 Å². The van der Waals surface area contributed by atoms with Crippen LogP contribution in [0.4, 0.5) is 5.69 Å². The van der Waals surface area contributed by atoms with Gasteiger partial charge in [0.15, 0.2) is 0 Å². The molecule has 0 heterocycles. The highest BCUT2D eigenvalue weighted by atomic mass is 35.5. The molecule has 0 saturated carbocycles. The molecule has 0 atom stereocenters. The van der Waals surface area contributed by atoms with E-state index in [0.717, 1.165) is 10.5 Å². The summed E-state index contributed by atoms with van der Waals surface area (Å²) < 4.78 is 0. The van der Waals surface area contributed by atoms with Crippen LogP contribution in [-0.4, -0.2) is 5.91 Å². The number of hydrogen-bond acceptors (Lipinski definition) is 3. The molecule has 0 saturated heterocycles. The van der Waals surface area contributed by atoms with Crippen LogP contribution in [-0.2, 0) is 5.75 Å². The van der Waals surface area contributed by atoms with Gasteiger partial charge in [0.25, 0.3) is 0 Å².